The lowest BCUT2D eigenvalue weighted by Gasteiger charge is -2.31. The van der Waals surface area contributed by atoms with Gasteiger partial charge in [0.25, 0.3) is 0 Å². The lowest BCUT2D eigenvalue weighted by Crippen LogP contribution is -2.40. The molecule has 0 spiro atoms. The highest BCUT2D eigenvalue weighted by molar-refractivity contribution is 7.97. The van der Waals surface area contributed by atoms with E-state index in [1.807, 2.05) is 37.4 Å². The highest BCUT2D eigenvalue weighted by Gasteiger charge is 2.41. The number of aromatic nitrogens is 3. The van der Waals surface area contributed by atoms with Crippen molar-refractivity contribution in [2.75, 3.05) is 57.6 Å². The van der Waals surface area contributed by atoms with Crippen LogP contribution in [0.25, 0.3) is 10.9 Å². The summed E-state index contributed by atoms with van der Waals surface area (Å²) in [6.45, 7) is 6.68. The van der Waals surface area contributed by atoms with Crippen LogP contribution >= 0.6 is 11.9 Å². The van der Waals surface area contributed by atoms with Crippen LogP contribution in [0, 0.1) is 0 Å². The number of amides is 1. The van der Waals surface area contributed by atoms with Gasteiger partial charge in [0.05, 0.1) is 19.2 Å². The second kappa shape index (κ2) is 12.0. The van der Waals surface area contributed by atoms with Gasteiger partial charge in [-0.05, 0) is 85.6 Å². The standard InChI is InChI=1S/C30H35N7O3S/c1-4-40-28-15-21(41-37-11-9-36(2)10-12-37)17-31-30(28)33-29-22-7-5-19(13-27(22)34-35-29)23-16-24(23)25-14-20(39-3)6-8-26(25)32-18-38/h5-8,13-15,17-18,23-24H,4,9-12,16H2,1-3H3,(H,32,38)(H2,31,33,34,35). The minimum atomic E-state index is 0.311. The van der Waals surface area contributed by atoms with Gasteiger partial charge in [-0.1, -0.05) is 6.07 Å². The Kier molecular flexibility index (Phi) is 8.00. The number of anilines is 3. The SMILES string of the molecule is CCOc1cc(SN2CCN(C)CC2)cnc1Nc1n[nH]c2cc(C3CC3c3cc(OC)ccc3NC=O)ccc12. The molecule has 1 saturated carbocycles. The van der Waals surface area contributed by atoms with Gasteiger partial charge >= 0.3 is 0 Å². The van der Waals surface area contributed by atoms with Crippen molar-refractivity contribution in [2.24, 2.45) is 0 Å². The maximum Gasteiger partial charge on any atom is 0.211 e. The largest absolute Gasteiger partial charge is 0.497 e. The number of likely N-dealkylation sites (N-methyl/N-ethyl adjacent to an activating group) is 1. The van der Waals surface area contributed by atoms with E-state index in [1.165, 1.54) is 5.56 Å². The predicted octanol–water partition coefficient (Wildman–Crippen LogP) is 5.20. The van der Waals surface area contributed by atoms with Gasteiger partial charge in [0, 0.05) is 54.4 Å². The fraction of sp³-hybridized carbons (Fsp3) is 0.367. The van der Waals surface area contributed by atoms with E-state index in [-0.39, 0.29) is 0 Å². The van der Waals surface area contributed by atoms with Crippen LogP contribution in [-0.4, -0.2) is 77.7 Å². The number of benzene rings is 2. The van der Waals surface area contributed by atoms with E-state index in [4.69, 9.17) is 14.5 Å². The first-order chi connectivity index (χ1) is 20.1. The van der Waals surface area contributed by atoms with Crippen LogP contribution in [0.1, 0.15) is 36.3 Å². The summed E-state index contributed by atoms with van der Waals surface area (Å²) >= 11 is 1.73. The van der Waals surface area contributed by atoms with Gasteiger partial charge in [-0.3, -0.25) is 9.89 Å². The Morgan fingerprint density at radius 3 is 2.73 bits per heavy atom. The molecular weight excluding hydrogens is 538 g/mol. The molecule has 2 unspecified atom stereocenters. The summed E-state index contributed by atoms with van der Waals surface area (Å²) in [6, 6.07) is 14.3. The Hall–Kier alpha value is -3.80. The molecule has 11 heteroatoms. The third kappa shape index (κ3) is 5.97. The van der Waals surface area contributed by atoms with Crippen molar-refractivity contribution < 1.29 is 14.3 Å². The molecule has 2 aromatic heterocycles. The third-order valence-corrected chi connectivity index (χ3v) is 8.80. The van der Waals surface area contributed by atoms with Crippen LogP contribution in [0.4, 0.5) is 17.3 Å². The van der Waals surface area contributed by atoms with E-state index in [2.05, 4.69) is 55.3 Å². The van der Waals surface area contributed by atoms with Crippen LogP contribution in [-0.2, 0) is 4.79 Å². The number of fused-ring (bicyclic) bond motifs is 1. The average molecular weight is 574 g/mol. The normalized spacial score (nSPS) is 19.2. The molecule has 2 fully saturated rings. The van der Waals surface area contributed by atoms with E-state index < -0.39 is 0 Å². The Bertz CT molecular complexity index is 1540. The Morgan fingerprint density at radius 1 is 1.10 bits per heavy atom. The summed E-state index contributed by atoms with van der Waals surface area (Å²) in [5.41, 5.74) is 4.11. The fourth-order valence-electron chi connectivity index (χ4n) is 5.42. The molecule has 1 amide bonds. The molecule has 214 valence electrons. The number of nitrogens with zero attached hydrogens (tertiary/aromatic N) is 4. The minimum Gasteiger partial charge on any atom is -0.497 e. The van der Waals surface area contributed by atoms with Gasteiger partial charge in [-0.15, -0.1) is 0 Å². The van der Waals surface area contributed by atoms with Crippen molar-refractivity contribution in [3.8, 4) is 11.5 Å². The molecule has 2 aliphatic rings. The average Bonchev–Trinajstić information content (AvgIpc) is 3.69. The molecule has 10 nitrogen and oxygen atoms in total. The van der Waals surface area contributed by atoms with Crippen LogP contribution in [0.5, 0.6) is 11.5 Å². The number of methoxy groups -OCH3 is 1. The van der Waals surface area contributed by atoms with Gasteiger partial charge in [-0.2, -0.15) is 5.10 Å². The van der Waals surface area contributed by atoms with E-state index >= 15 is 0 Å². The third-order valence-electron chi connectivity index (χ3n) is 7.74. The van der Waals surface area contributed by atoms with Gasteiger partial charge < -0.3 is 25.0 Å². The molecule has 2 aromatic carbocycles. The molecule has 4 aromatic rings. The number of carbonyl (C=O) groups excluding carboxylic acids is 1. The topological polar surface area (TPSA) is 108 Å². The lowest BCUT2D eigenvalue weighted by atomic mass is 10.0. The molecule has 41 heavy (non-hydrogen) atoms. The summed E-state index contributed by atoms with van der Waals surface area (Å²) in [5.74, 6) is 3.51. The Labute approximate surface area is 243 Å². The van der Waals surface area contributed by atoms with Gasteiger partial charge in [0.15, 0.2) is 17.4 Å². The quantitative estimate of drug-likeness (QED) is 0.165. The number of hydrogen-bond donors (Lipinski definition) is 3. The molecule has 6 rings (SSSR count). The summed E-state index contributed by atoms with van der Waals surface area (Å²) in [6.07, 6.45) is 3.62. The molecule has 1 saturated heterocycles. The van der Waals surface area contributed by atoms with Crippen molar-refractivity contribution in [3.05, 3.63) is 59.8 Å². The summed E-state index contributed by atoms with van der Waals surface area (Å²) in [5, 5.41) is 14.9. The number of nitrogens with one attached hydrogen (secondary N) is 3. The Morgan fingerprint density at radius 2 is 1.95 bits per heavy atom. The van der Waals surface area contributed by atoms with Crippen molar-refractivity contribution in [3.63, 3.8) is 0 Å². The van der Waals surface area contributed by atoms with E-state index in [1.54, 1.807) is 19.1 Å². The molecule has 1 aliphatic carbocycles. The predicted molar refractivity (Wildman–Crippen MR) is 162 cm³/mol. The first-order valence-electron chi connectivity index (χ1n) is 13.9. The molecule has 0 bridgehead atoms. The van der Waals surface area contributed by atoms with E-state index in [9.17, 15) is 4.79 Å². The number of ether oxygens (including phenoxy) is 2. The maximum atomic E-state index is 11.1. The van der Waals surface area contributed by atoms with E-state index in [0.29, 0.717) is 35.8 Å². The fourth-order valence-corrected chi connectivity index (χ4v) is 6.32. The number of piperazine rings is 1. The molecule has 2 atom stereocenters. The van der Waals surface area contributed by atoms with Crippen LogP contribution < -0.4 is 20.1 Å². The number of H-pyrrole nitrogens is 1. The molecule has 3 heterocycles. The highest BCUT2D eigenvalue weighted by Crippen LogP contribution is 2.57. The van der Waals surface area contributed by atoms with Gasteiger partial charge in [-0.25, -0.2) is 9.29 Å². The number of carbonyl (C=O) groups is 1. The molecule has 1 aliphatic heterocycles. The smallest absolute Gasteiger partial charge is 0.211 e. The minimum absolute atomic E-state index is 0.311. The van der Waals surface area contributed by atoms with Gasteiger partial charge in [0.2, 0.25) is 6.41 Å². The monoisotopic (exact) mass is 573 g/mol. The molecular formula is C30H35N7O3S. The lowest BCUT2D eigenvalue weighted by molar-refractivity contribution is -0.105. The van der Waals surface area contributed by atoms with Gasteiger partial charge in [0.1, 0.15) is 5.75 Å². The summed E-state index contributed by atoms with van der Waals surface area (Å²) < 4.78 is 13.8. The first kappa shape index (κ1) is 27.4. The zero-order valence-electron chi connectivity index (χ0n) is 23.5. The second-order valence-corrected chi connectivity index (χ2v) is 11.6. The van der Waals surface area contributed by atoms with Crippen LogP contribution in [0.3, 0.4) is 0 Å². The van der Waals surface area contributed by atoms with Crippen molar-refractivity contribution in [1.29, 1.82) is 0 Å². The van der Waals surface area contributed by atoms with Crippen molar-refractivity contribution in [1.82, 2.24) is 24.4 Å². The number of pyridine rings is 1. The van der Waals surface area contributed by atoms with E-state index in [0.717, 1.165) is 71.8 Å². The zero-order valence-corrected chi connectivity index (χ0v) is 24.3. The molecule has 3 N–H and O–H groups in total. The van der Waals surface area contributed by atoms with Crippen molar-refractivity contribution in [2.45, 2.75) is 30.1 Å². The molecule has 0 radical (unpaired) electrons. The number of rotatable bonds is 11. The number of hydrogen-bond acceptors (Lipinski definition) is 9. The highest BCUT2D eigenvalue weighted by atomic mass is 32.2. The van der Waals surface area contributed by atoms with Crippen LogP contribution in [0.15, 0.2) is 53.6 Å². The maximum absolute atomic E-state index is 11.1. The van der Waals surface area contributed by atoms with Crippen LogP contribution in [0.2, 0.25) is 0 Å². The number of aromatic amines is 1. The zero-order chi connectivity index (χ0) is 28.3. The Balaban J connectivity index is 1.18. The summed E-state index contributed by atoms with van der Waals surface area (Å²) in [7, 11) is 3.81. The first-order valence-corrected chi connectivity index (χ1v) is 14.7. The van der Waals surface area contributed by atoms with Crippen molar-refractivity contribution >= 4 is 46.6 Å². The summed E-state index contributed by atoms with van der Waals surface area (Å²) in [4.78, 5) is 19.3. The second-order valence-electron chi connectivity index (χ2n) is 10.4.